The molecule has 3 aromatic carbocycles. The molecule has 0 saturated carbocycles. The van der Waals surface area contributed by atoms with E-state index in [4.69, 9.17) is 0 Å². The van der Waals surface area contributed by atoms with Crippen molar-refractivity contribution in [3.05, 3.63) is 96.7 Å². The molecule has 0 unspecified atom stereocenters. The van der Waals surface area contributed by atoms with Gasteiger partial charge in [-0.1, -0.05) is 53.7 Å². The van der Waals surface area contributed by atoms with Crippen molar-refractivity contribution < 1.29 is 17.2 Å². The lowest BCUT2D eigenvalue weighted by molar-refractivity contribution is 0.146. The van der Waals surface area contributed by atoms with Crippen molar-refractivity contribution >= 4 is 9.84 Å². The summed E-state index contributed by atoms with van der Waals surface area (Å²) in [5.74, 6) is 0.389. The van der Waals surface area contributed by atoms with Crippen LogP contribution < -0.4 is 0 Å². The molecule has 182 valence electrons. The van der Waals surface area contributed by atoms with Gasteiger partial charge in [-0.25, -0.2) is 26.9 Å². The van der Waals surface area contributed by atoms with E-state index in [0.29, 0.717) is 28.5 Å². The molecule has 0 saturated heterocycles. The lowest BCUT2D eigenvalue weighted by atomic mass is 10.0. The number of benzene rings is 3. The summed E-state index contributed by atoms with van der Waals surface area (Å²) < 4.78 is 54.3. The lowest BCUT2D eigenvalue weighted by Gasteiger charge is -2.16. The smallest absolute Gasteiger partial charge is 0.281 e. The van der Waals surface area contributed by atoms with E-state index in [1.165, 1.54) is 6.20 Å². The van der Waals surface area contributed by atoms with E-state index in [0.717, 1.165) is 17.4 Å². The van der Waals surface area contributed by atoms with Gasteiger partial charge < -0.3 is 4.57 Å². The van der Waals surface area contributed by atoms with Crippen molar-refractivity contribution in [2.75, 3.05) is 6.26 Å². The van der Waals surface area contributed by atoms with Crippen LogP contribution in [0, 0.1) is 6.92 Å². The Kier molecular flexibility index (Phi) is 5.97. The van der Waals surface area contributed by atoms with Gasteiger partial charge in [0.15, 0.2) is 9.84 Å². The van der Waals surface area contributed by atoms with Gasteiger partial charge >= 0.3 is 0 Å². The molecule has 36 heavy (non-hydrogen) atoms. The standard InChI is InChI=1S/C26H21F2N5O2S/c1-17-30-22(26(27)28)16-32(17)23-12-11-20(19-9-6-10-21(13-19)36(2,34)35)14-24(23)33-25(15-29-31-33)18-7-4-3-5-8-18/h3-16,26H,1-2H3. The molecule has 0 spiro atoms. The number of alkyl halides is 2. The fraction of sp³-hybridized carbons (Fsp3) is 0.115. The van der Waals surface area contributed by atoms with E-state index < -0.39 is 16.3 Å². The van der Waals surface area contributed by atoms with E-state index in [1.54, 1.807) is 52.7 Å². The third kappa shape index (κ3) is 4.42. The van der Waals surface area contributed by atoms with Crippen molar-refractivity contribution in [2.24, 2.45) is 0 Å². The summed E-state index contributed by atoms with van der Waals surface area (Å²) in [4.78, 5) is 4.21. The Morgan fingerprint density at radius 1 is 0.861 bits per heavy atom. The average Bonchev–Trinajstić information content (AvgIpc) is 3.51. The lowest BCUT2D eigenvalue weighted by Crippen LogP contribution is -2.07. The Morgan fingerprint density at radius 2 is 1.58 bits per heavy atom. The van der Waals surface area contributed by atoms with Crippen LogP contribution in [0.3, 0.4) is 0 Å². The van der Waals surface area contributed by atoms with Gasteiger partial charge in [0.1, 0.15) is 11.5 Å². The van der Waals surface area contributed by atoms with Crippen LogP contribution in [0.5, 0.6) is 0 Å². The van der Waals surface area contributed by atoms with Crippen molar-refractivity contribution in [3.63, 3.8) is 0 Å². The van der Waals surface area contributed by atoms with Crippen molar-refractivity contribution in [3.8, 4) is 33.8 Å². The van der Waals surface area contributed by atoms with Gasteiger partial charge in [-0.15, -0.1) is 5.10 Å². The number of hydrogen-bond donors (Lipinski definition) is 0. The third-order valence-corrected chi connectivity index (χ3v) is 6.91. The SMILES string of the molecule is Cc1nc(C(F)F)cn1-c1ccc(-c2cccc(S(C)(=O)=O)c2)cc1-n1nncc1-c1ccccc1. The predicted octanol–water partition coefficient (Wildman–Crippen LogP) is 5.44. The first-order valence-electron chi connectivity index (χ1n) is 11.0. The first kappa shape index (κ1) is 23.6. The number of nitrogens with zero attached hydrogens (tertiary/aromatic N) is 5. The number of halogens is 2. The van der Waals surface area contributed by atoms with Crippen molar-refractivity contribution in [1.82, 2.24) is 24.5 Å². The molecule has 2 heterocycles. The van der Waals surface area contributed by atoms with Gasteiger partial charge in [0.05, 0.1) is 28.2 Å². The Labute approximate surface area is 206 Å². The predicted molar refractivity (Wildman–Crippen MR) is 132 cm³/mol. The second-order valence-electron chi connectivity index (χ2n) is 8.28. The summed E-state index contributed by atoms with van der Waals surface area (Å²) in [6.07, 6.45) is 1.38. The van der Waals surface area contributed by atoms with Crippen LogP contribution >= 0.6 is 0 Å². The zero-order valence-corrected chi connectivity index (χ0v) is 20.2. The number of rotatable bonds is 6. The van der Waals surface area contributed by atoms with Crippen molar-refractivity contribution in [1.29, 1.82) is 0 Å². The van der Waals surface area contributed by atoms with E-state index in [9.17, 15) is 17.2 Å². The van der Waals surface area contributed by atoms with Crippen molar-refractivity contribution in [2.45, 2.75) is 18.2 Å². The molecular weight excluding hydrogens is 484 g/mol. The maximum Gasteiger partial charge on any atom is 0.281 e. The highest BCUT2D eigenvalue weighted by atomic mass is 32.2. The highest BCUT2D eigenvalue weighted by Gasteiger charge is 2.20. The van der Waals surface area contributed by atoms with Crippen LogP contribution in [0.1, 0.15) is 17.9 Å². The number of imidazole rings is 1. The Bertz CT molecular complexity index is 1660. The van der Waals surface area contributed by atoms with Crippen LogP contribution in [-0.2, 0) is 9.84 Å². The van der Waals surface area contributed by atoms with Crippen LogP contribution in [0.4, 0.5) is 8.78 Å². The summed E-state index contributed by atoms with van der Waals surface area (Å²) in [6, 6.07) is 21.6. The highest BCUT2D eigenvalue weighted by Crippen LogP contribution is 2.32. The second-order valence-corrected chi connectivity index (χ2v) is 10.3. The summed E-state index contributed by atoms with van der Waals surface area (Å²) in [5, 5.41) is 8.40. The normalized spacial score (nSPS) is 11.8. The Hall–Kier alpha value is -4.18. The molecular formula is C26H21F2N5O2S. The molecule has 2 aromatic heterocycles. The first-order chi connectivity index (χ1) is 17.2. The second kappa shape index (κ2) is 9.12. The summed E-state index contributed by atoms with van der Waals surface area (Å²) in [5.41, 5.74) is 3.78. The topological polar surface area (TPSA) is 82.7 Å². The maximum atomic E-state index is 13.4. The molecule has 0 fully saturated rings. The molecule has 0 aliphatic carbocycles. The van der Waals surface area contributed by atoms with Gasteiger partial charge in [-0.3, -0.25) is 0 Å². The Morgan fingerprint density at radius 3 is 2.28 bits per heavy atom. The fourth-order valence-corrected chi connectivity index (χ4v) is 4.71. The Balaban J connectivity index is 1.74. The van der Waals surface area contributed by atoms with Gasteiger partial charge in [0.2, 0.25) is 0 Å². The zero-order chi connectivity index (χ0) is 25.4. The molecule has 0 atom stereocenters. The minimum Gasteiger partial charge on any atom is -0.301 e. The molecule has 0 bridgehead atoms. The summed E-state index contributed by atoms with van der Waals surface area (Å²) in [6.45, 7) is 1.65. The number of aromatic nitrogens is 5. The molecule has 10 heteroatoms. The number of sulfone groups is 1. The minimum atomic E-state index is -3.40. The van der Waals surface area contributed by atoms with E-state index in [2.05, 4.69) is 15.3 Å². The molecule has 5 rings (SSSR count). The highest BCUT2D eigenvalue weighted by molar-refractivity contribution is 7.90. The molecule has 0 aliphatic heterocycles. The van der Waals surface area contributed by atoms with E-state index in [-0.39, 0.29) is 10.6 Å². The van der Waals surface area contributed by atoms with Crippen LogP contribution in [-0.4, -0.2) is 39.2 Å². The van der Waals surface area contributed by atoms with E-state index in [1.807, 2.05) is 42.5 Å². The van der Waals surface area contributed by atoms with E-state index >= 15 is 0 Å². The first-order valence-corrected chi connectivity index (χ1v) is 12.9. The third-order valence-electron chi connectivity index (χ3n) is 5.80. The minimum absolute atomic E-state index is 0.198. The number of hydrogen-bond acceptors (Lipinski definition) is 5. The summed E-state index contributed by atoms with van der Waals surface area (Å²) in [7, 11) is -3.40. The van der Waals surface area contributed by atoms with Gasteiger partial charge in [0, 0.05) is 18.0 Å². The zero-order valence-electron chi connectivity index (χ0n) is 19.4. The number of aryl methyl sites for hydroxylation is 1. The monoisotopic (exact) mass is 505 g/mol. The molecule has 0 N–H and O–H groups in total. The summed E-state index contributed by atoms with van der Waals surface area (Å²) >= 11 is 0. The fourth-order valence-electron chi connectivity index (χ4n) is 4.05. The molecule has 0 aliphatic rings. The van der Waals surface area contributed by atoms with Gasteiger partial charge in [-0.05, 0) is 42.3 Å². The van der Waals surface area contributed by atoms with Gasteiger partial charge in [0.25, 0.3) is 6.43 Å². The quantitative estimate of drug-likeness (QED) is 0.307. The van der Waals surface area contributed by atoms with Crippen LogP contribution in [0.15, 0.2) is 90.1 Å². The largest absolute Gasteiger partial charge is 0.301 e. The maximum absolute atomic E-state index is 13.4. The van der Waals surface area contributed by atoms with Crippen LogP contribution in [0.2, 0.25) is 0 Å². The molecule has 5 aromatic rings. The molecule has 7 nitrogen and oxygen atoms in total. The molecule has 0 radical (unpaired) electrons. The molecule has 0 amide bonds. The van der Waals surface area contributed by atoms with Gasteiger partial charge in [-0.2, -0.15) is 0 Å². The average molecular weight is 506 g/mol. The van der Waals surface area contributed by atoms with Crippen LogP contribution in [0.25, 0.3) is 33.8 Å².